The third-order valence-electron chi connectivity index (χ3n) is 14.1. The first kappa shape index (κ1) is 43.1. The number of anilines is 2. The standard InChI is InChI=1S/C46H53F3N12O4/c1-56-21-29(22-56)30-23-59(24-30)38-15-17-60-44(52-38)34(19-50-60)46(64)51-36-26-61(55-41(36)43(48)49)31-10-8-27(9-11-31)20-58-16-14-37(35(47)25-58)65-18-4-6-28-5-3-7-32-40(54-57(2)42(28)32)33-12-13-39(62)53-45(33)63/h3,5,7,15,17,19,26-27,29-31,33,35,37,43H,8-14,16,18,20-25H2,1-2H3,(H,51,64)(H,53,62,63)/t27?,31?,33?,35-,37+/m0/s1. The van der Waals surface area contributed by atoms with Crippen molar-refractivity contribution >= 4 is 45.8 Å². The number of aromatic nitrogens is 7. The molecule has 8 heterocycles. The number of ether oxygens (including phenoxy) is 1. The zero-order valence-corrected chi connectivity index (χ0v) is 36.5. The maximum atomic E-state index is 15.5. The van der Waals surface area contributed by atoms with E-state index in [0.717, 1.165) is 75.1 Å². The Hall–Kier alpha value is -5.84. The molecule has 1 aliphatic carbocycles. The molecule has 1 aromatic carbocycles. The molecule has 5 fully saturated rings. The van der Waals surface area contributed by atoms with Crippen molar-refractivity contribution in [2.45, 2.75) is 75.6 Å². The van der Waals surface area contributed by atoms with E-state index in [-0.39, 0.29) is 48.7 Å². The first-order chi connectivity index (χ1) is 31.4. The highest BCUT2D eigenvalue weighted by Crippen LogP contribution is 2.37. The van der Waals surface area contributed by atoms with Crippen LogP contribution in [-0.4, -0.2) is 133 Å². The van der Waals surface area contributed by atoms with E-state index in [1.54, 1.807) is 22.6 Å². The van der Waals surface area contributed by atoms with E-state index < -0.39 is 36.2 Å². The Morgan fingerprint density at radius 2 is 1.80 bits per heavy atom. The molecule has 3 atom stereocenters. The van der Waals surface area contributed by atoms with Crippen LogP contribution in [0.4, 0.5) is 24.7 Å². The Kier molecular flexibility index (Phi) is 11.8. The molecule has 0 radical (unpaired) electrons. The quantitative estimate of drug-likeness (QED) is 0.140. The summed E-state index contributed by atoms with van der Waals surface area (Å²) in [6.07, 6.45) is 4.37. The van der Waals surface area contributed by atoms with Gasteiger partial charge < -0.3 is 19.9 Å². The SMILES string of the molecule is CN1CC(C2CN(c3ccn4ncc(C(=O)Nc5cn(C6CCC(CN7CC[C@@H](OCC#Cc8cccc9c(C%10CCC(=O)NC%10=O)nn(C)c89)[C@@H](F)C7)CC6)nc5C(F)F)c4n3)C2)C1. The summed E-state index contributed by atoms with van der Waals surface area (Å²) in [6.45, 7) is 5.80. The monoisotopic (exact) mass is 894 g/mol. The zero-order chi connectivity index (χ0) is 44.9. The lowest BCUT2D eigenvalue weighted by Crippen LogP contribution is -2.58. The summed E-state index contributed by atoms with van der Waals surface area (Å²) in [5.41, 5.74) is 2.15. The van der Waals surface area contributed by atoms with E-state index in [1.807, 2.05) is 24.3 Å². The topological polar surface area (TPSA) is 160 Å². The molecule has 5 aliphatic rings. The third kappa shape index (κ3) is 8.71. The van der Waals surface area contributed by atoms with Crippen LogP contribution < -0.4 is 15.5 Å². The Morgan fingerprint density at radius 1 is 1.00 bits per heavy atom. The molecule has 1 unspecified atom stereocenters. The largest absolute Gasteiger partial charge is 0.362 e. The van der Waals surface area contributed by atoms with Crippen LogP contribution in [0.25, 0.3) is 16.6 Å². The summed E-state index contributed by atoms with van der Waals surface area (Å²) in [5.74, 6) is 6.88. The van der Waals surface area contributed by atoms with Gasteiger partial charge in [-0.25, -0.2) is 22.7 Å². The number of piperidine rings is 2. The average molecular weight is 895 g/mol. The number of amides is 3. The van der Waals surface area contributed by atoms with Gasteiger partial charge in [-0.3, -0.25) is 34.0 Å². The second-order valence-electron chi connectivity index (χ2n) is 18.5. The predicted molar refractivity (Wildman–Crippen MR) is 234 cm³/mol. The minimum Gasteiger partial charge on any atom is -0.362 e. The van der Waals surface area contributed by atoms with Crippen LogP contribution in [0.1, 0.15) is 90.6 Å². The number of nitrogens with zero attached hydrogens (tertiary/aromatic N) is 10. The van der Waals surface area contributed by atoms with Crippen LogP contribution in [0.15, 0.2) is 42.9 Å². The van der Waals surface area contributed by atoms with Crippen molar-refractivity contribution in [3.8, 4) is 11.8 Å². The highest BCUT2D eigenvalue weighted by molar-refractivity contribution is 6.08. The van der Waals surface area contributed by atoms with Crippen molar-refractivity contribution in [3.63, 3.8) is 0 Å². The van der Waals surface area contributed by atoms with E-state index in [4.69, 9.17) is 9.72 Å². The van der Waals surface area contributed by atoms with Crippen molar-refractivity contribution in [1.82, 2.24) is 49.3 Å². The molecule has 4 aromatic heterocycles. The van der Waals surface area contributed by atoms with Crippen molar-refractivity contribution < 1.29 is 32.3 Å². The Bertz CT molecular complexity index is 2670. The van der Waals surface area contributed by atoms with Gasteiger partial charge in [0.1, 0.15) is 24.2 Å². The summed E-state index contributed by atoms with van der Waals surface area (Å²) >= 11 is 0. The number of halogens is 3. The molecule has 5 aromatic rings. The first-order valence-electron chi connectivity index (χ1n) is 22.7. The highest BCUT2D eigenvalue weighted by Gasteiger charge is 2.40. The minimum absolute atomic E-state index is 0.0323. The molecule has 0 bridgehead atoms. The molecule has 2 N–H and O–H groups in total. The normalized spacial score (nSPS) is 24.8. The number of benzene rings is 1. The Balaban J connectivity index is 0.696. The van der Waals surface area contributed by atoms with Crippen molar-refractivity contribution in [1.29, 1.82) is 0 Å². The molecule has 1 saturated carbocycles. The van der Waals surface area contributed by atoms with E-state index >= 15 is 4.39 Å². The van der Waals surface area contributed by atoms with E-state index in [1.165, 1.54) is 16.9 Å². The maximum Gasteiger partial charge on any atom is 0.284 e. The van der Waals surface area contributed by atoms with Crippen molar-refractivity contribution in [2.24, 2.45) is 24.8 Å². The fraction of sp³-hybridized carbons (Fsp3) is 0.543. The fourth-order valence-electron chi connectivity index (χ4n) is 10.5. The zero-order valence-electron chi connectivity index (χ0n) is 36.5. The number of imide groups is 1. The summed E-state index contributed by atoms with van der Waals surface area (Å²) in [5, 5.41) is 19.1. The van der Waals surface area contributed by atoms with Gasteiger partial charge >= 0.3 is 0 Å². The number of alkyl halides is 3. The summed E-state index contributed by atoms with van der Waals surface area (Å²) in [7, 11) is 3.92. The highest BCUT2D eigenvalue weighted by atomic mass is 19.3. The van der Waals surface area contributed by atoms with E-state index in [0.29, 0.717) is 54.0 Å². The number of hydrogen-bond acceptors (Lipinski definition) is 11. The smallest absolute Gasteiger partial charge is 0.284 e. The lowest BCUT2D eigenvalue weighted by atomic mass is 9.81. The molecule has 65 heavy (non-hydrogen) atoms. The third-order valence-corrected chi connectivity index (χ3v) is 14.1. The van der Waals surface area contributed by atoms with Gasteiger partial charge in [-0.05, 0) is 75.5 Å². The fourth-order valence-corrected chi connectivity index (χ4v) is 10.5. The maximum absolute atomic E-state index is 15.5. The number of fused-ring (bicyclic) bond motifs is 2. The van der Waals surface area contributed by atoms with Crippen LogP contribution in [0, 0.1) is 29.6 Å². The summed E-state index contributed by atoms with van der Waals surface area (Å²) < 4.78 is 54.8. The number of likely N-dealkylation sites (tertiary alicyclic amines) is 2. The molecule has 19 heteroatoms. The van der Waals surface area contributed by atoms with E-state index in [2.05, 4.69) is 59.5 Å². The van der Waals surface area contributed by atoms with Gasteiger partial charge in [0.05, 0.1) is 46.7 Å². The molecular formula is C46H53F3N12O4. The van der Waals surface area contributed by atoms with Crippen LogP contribution >= 0.6 is 0 Å². The molecule has 10 rings (SSSR count). The van der Waals surface area contributed by atoms with Gasteiger partial charge in [-0.2, -0.15) is 15.3 Å². The predicted octanol–water partition coefficient (Wildman–Crippen LogP) is 4.73. The number of nitrogens with one attached hydrogen (secondary N) is 2. The number of aryl methyl sites for hydroxylation is 1. The first-order valence-corrected chi connectivity index (χ1v) is 22.7. The number of hydrogen-bond donors (Lipinski definition) is 2. The number of carbonyl (C=O) groups is 3. The lowest BCUT2D eigenvalue weighted by molar-refractivity contribution is -0.134. The van der Waals surface area contributed by atoms with Gasteiger partial charge in [0.2, 0.25) is 11.8 Å². The van der Waals surface area contributed by atoms with Crippen LogP contribution in [0.3, 0.4) is 0 Å². The lowest BCUT2D eigenvalue weighted by Gasteiger charge is -2.50. The molecular weight excluding hydrogens is 842 g/mol. The summed E-state index contributed by atoms with van der Waals surface area (Å²) in [4.78, 5) is 49.2. The van der Waals surface area contributed by atoms with Gasteiger partial charge in [-0.15, -0.1) is 0 Å². The van der Waals surface area contributed by atoms with Gasteiger partial charge in [0.25, 0.3) is 12.3 Å². The van der Waals surface area contributed by atoms with Crippen LogP contribution in [-0.2, 0) is 21.4 Å². The Labute approximate surface area is 373 Å². The Morgan fingerprint density at radius 3 is 2.55 bits per heavy atom. The molecule has 4 aliphatic heterocycles. The number of carbonyl (C=O) groups excluding carboxylic acids is 3. The van der Waals surface area contributed by atoms with Crippen LogP contribution in [0.5, 0.6) is 0 Å². The molecule has 16 nitrogen and oxygen atoms in total. The number of para-hydroxylation sites is 1. The second kappa shape index (κ2) is 17.9. The molecule has 4 saturated heterocycles. The van der Waals surface area contributed by atoms with Crippen molar-refractivity contribution in [3.05, 3.63) is 65.4 Å². The minimum atomic E-state index is -2.89. The van der Waals surface area contributed by atoms with Gasteiger partial charge in [0.15, 0.2) is 11.3 Å². The van der Waals surface area contributed by atoms with Gasteiger partial charge in [-0.1, -0.05) is 24.0 Å². The van der Waals surface area contributed by atoms with E-state index in [9.17, 15) is 23.2 Å². The number of rotatable bonds is 11. The second-order valence-corrected chi connectivity index (χ2v) is 18.5. The molecule has 0 spiro atoms. The van der Waals surface area contributed by atoms with Gasteiger partial charge in [0, 0.05) is 77.1 Å². The van der Waals surface area contributed by atoms with Crippen LogP contribution in [0.2, 0.25) is 0 Å². The molecule has 342 valence electrons. The van der Waals surface area contributed by atoms with Crippen molar-refractivity contribution in [2.75, 3.05) is 69.7 Å². The molecule has 3 amide bonds. The average Bonchev–Trinajstić information content (AvgIpc) is 3.98. The summed E-state index contributed by atoms with van der Waals surface area (Å²) in [6, 6.07) is 7.40.